The predicted octanol–water partition coefficient (Wildman–Crippen LogP) is 27.2. The maximum atomic E-state index is 12.6. The first-order valence-corrected chi connectivity index (χ1v) is 40.9. The average Bonchev–Trinajstić information content (AvgIpc) is 3.68. The molecule has 6 heteroatoms. The lowest BCUT2D eigenvalue weighted by Crippen LogP contribution is -2.45. The molecule has 530 valence electrons. The van der Waals surface area contributed by atoms with E-state index in [9.17, 15) is 19.8 Å². The molecule has 1 amide bonds. The fourth-order valence-corrected chi connectivity index (χ4v) is 12.9. The summed E-state index contributed by atoms with van der Waals surface area (Å²) in [7, 11) is 0. The van der Waals surface area contributed by atoms with Gasteiger partial charge in [-0.1, -0.05) is 396 Å². The highest BCUT2D eigenvalue weighted by Crippen LogP contribution is 2.20. The summed E-state index contributed by atoms with van der Waals surface area (Å²) in [5, 5.41) is 23.5. The van der Waals surface area contributed by atoms with Crippen molar-refractivity contribution in [3.63, 3.8) is 0 Å². The number of nitrogens with one attached hydrogen (secondary N) is 1. The van der Waals surface area contributed by atoms with Crippen molar-refractivity contribution in [1.82, 2.24) is 5.32 Å². The summed E-state index contributed by atoms with van der Waals surface area (Å²) >= 11 is 0. The van der Waals surface area contributed by atoms with E-state index in [2.05, 4.69) is 67.8 Å². The van der Waals surface area contributed by atoms with E-state index in [1.165, 1.54) is 360 Å². The highest BCUT2D eigenvalue weighted by molar-refractivity contribution is 5.76. The summed E-state index contributed by atoms with van der Waals surface area (Å²) in [4.78, 5) is 24.7. The van der Waals surface area contributed by atoms with Gasteiger partial charge in [0.2, 0.25) is 5.91 Å². The summed E-state index contributed by atoms with van der Waals surface area (Å²) in [6.45, 7) is 4.97. The van der Waals surface area contributed by atoms with Crippen LogP contribution in [0.1, 0.15) is 450 Å². The van der Waals surface area contributed by atoms with E-state index in [0.29, 0.717) is 25.9 Å². The zero-order valence-corrected chi connectivity index (χ0v) is 60.9. The van der Waals surface area contributed by atoms with Gasteiger partial charge in [0.05, 0.1) is 25.4 Å². The Morgan fingerprint density at radius 3 is 0.856 bits per heavy atom. The Labute approximate surface area is 563 Å². The minimum absolute atomic E-state index is 0.00126. The molecule has 0 aliphatic rings. The van der Waals surface area contributed by atoms with Gasteiger partial charge in [-0.2, -0.15) is 0 Å². The Kier molecular flexibility index (Phi) is 77.3. The van der Waals surface area contributed by atoms with Crippen molar-refractivity contribution in [2.75, 3.05) is 13.2 Å². The average molecular weight is 1260 g/mol. The molecule has 0 aromatic carbocycles. The van der Waals surface area contributed by atoms with E-state index in [1.54, 1.807) is 0 Å². The molecule has 0 spiro atoms. The van der Waals surface area contributed by atoms with E-state index in [4.69, 9.17) is 4.74 Å². The van der Waals surface area contributed by atoms with Crippen molar-refractivity contribution in [3.8, 4) is 0 Å². The lowest BCUT2D eigenvalue weighted by Gasteiger charge is -2.22. The minimum atomic E-state index is -0.665. The normalized spacial score (nSPS) is 12.7. The SMILES string of the molecule is CCCCCC/C=C\C/C=C\CCCCCCCC(=O)OCCCCCCCCCCC/C=C\C/C=C\CCCCCCCCCCCCCCCCCCCC(=O)NC(CO)C(O)CCCCCCCCCCCCCCCCCCCCCCCCCC. The van der Waals surface area contributed by atoms with Gasteiger partial charge in [0.1, 0.15) is 0 Å². The number of allylic oxidation sites excluding steroid dienone is 8. The van der Waals surface area contributed by atoms with Gasteiger partial charge in [0, 0.05) is 12.8 Å². The van der Waals surface area contributed by atoms with Crippen molar-refractivity contribution in [2.24, 2.45) is 0 Å². The first-order valence-electron chi connectivity index (χ1n) is 40.9. The van der Waals surface area contributed by atoms with Crippen molar-refractivity contribution in [2.45, 2.75) is 463 Å². The Morgan fingerprint density at radius 1 is 0.311 bits per heavy atom. The molecule has 90 heavy (non-hydrogen) atoms. The number of amides is 1. The zero-order chi connectivity index (χ0) is 64.9. The van der Waals surface area contributed by atoms with Crippen LogP contribution in [0.4, 0.5) is 0 Å². The van der Waals surface area contributed by atoms with E-state index in [-0.39, 0.29) is 18.5 Å². The molecule has 3 N–H and O–H groups in total. The molecule has 0 saturated heterocycles. The Balaban J connectivity index is 3.39. The smallest absolute Gasteiger partial charge is 0.305 e. The summed E-state index contributed by atoms with van der Waals surface area (Å²) in [6, 6.07) is -0.542. The summed E-state index contributed by atoms with van der Waals surface area (Å²) in [5.74, 6) is -0.0267. The van der Waals surface area contributed by atoms with Crippen LogP contribution in [0.15, 0.2) is 48.6 Å². The van der Waals surface area contributed by atoms with Crippen LogP contribution in [0, 0.1) is 0 Å². The monoisotopic (exact) mass is 1260 g/mol. The van der Waals surface area contributed by atoms with Crippen LogP contribution in [0.25, 0.3) is 0 Å². The molecule has 0 aromatic heterocycles. The van der Waals surface area contributed by atoms with Gasteiger partial charge in [-0.05, 0) is 89.9 Å². The number of ether oxygens (including phenoxy) is 1. The van der Waals surface area contributed by atoms with Gasteiger partial charge in [0.15, 0.2) is 0 Å². The fraction of sp³-hybridized carbons (Fsp3) is 0.881. The summed E-state index contributed by atoms with van der Waals surface area (Å²) in [6.07, 6.45) is 105. The Bertz CT molecular complexity index is 1500. The molecular formula is C84H159NO5. The topological polar surface area (TPSA) is 95.9 Å². The van der Waals surface area contributed by atoms with Crippen LogP contribution in [0.3, 0.4) is 0 Å². The summed E-state index contributed by atoms with van der Waals surface area (Å²) in [5.41, 5.74) is 0. The van der Waals surface area contributed by atoms with Crippen LogP contribution in [0.2, 0.25) is 0 Å². The molecule has 6 nitrogen and oxygen atoms in total. The van der Waals surface area contributed by atoms with Crippen LogP contribution < -0.4 is 5.32 Å². The van der Waals surface area contributed by atoms with Crippen LogP contribution in [-0.2, 0) is 14.3 Å². The molecule has 0 rings (SSSR count). The third-order valence-electron chi connectivity index (χ3n) is 19.1. The number of aliphatic hydroxyl groups is 2. The van der Waals surface area contributed by atoms with Gasteiger partial charge < -0.3 is 20.3 Å². The number of rotatable bonds is 77. The second kappa shape index (κ2) is 79.3. The van der Waals surface area contributed by atoms with Gasteiger partial charge in [-0.25, -0.2) is 0 Å². The number of aliphatic hydroxyl groups excluding tert-OH is 2. The molecule has 0 aromatic rings. The fourth-order valence-electron chi connectivity index (χ4n) is 12.9. The van der Waals surface area contributed by atoms with Gasteiger partial charge >= 0.3 is 5.97 Å². The van der Waals surface area contributed by atoms with E-state index < -0.39 is 12.1 Å². The molecule has 2 unspecified atom stereocenters. The van der Waals surface area contributed by atoms with Crippen molar-refractivity contribution >= 4 is 11.9 Å². The number of carbonyl (C=O) groups excluding carboxylic acids is 2. The molecule has 0 fully saturated rings. The summed E-state index contributed by atoms with van der Waals surface area (Å²) < 4.78 is 5.49. The third-order valence-corrected chi connectivity index (χ3v) is 19.1. The maximum Gasteiger partial charge on any atom is 0.305 e. The number of hydrogen-bond acceptors (Lipinski definition) is 5. The zero-order valence-electron chi connectivity index (χ0n) is 60.9. The number of hydrogen-bond donors (Lipinski definition) is 3. The van der Waals surface area contributed by atoms with Gasteiger partial charge in [-0.3, -0.25) is 9.59 Å². The van der Waals surface area contributed by atoms with Gasteiger partial charge in [-0.15, -0.1) is 0 Å². The molecule has 0 radical (unpaired) electrons. The first kappa shape index (κ1) is 87.8. The standard InChI is InChI=1S/C84H159NO5/c1-3-5-7-9-11-13-15-17-19-21-22-23-24-36-39-42-45-48-52-56-60-64-68-72-76-82(87)81(80-86)85-83(88)77-73-69-65-61-57-53-49-46-43-40-37-34-32-30-28-26-25-27-29-31-33-35-38-41-44-47-51-55-59-63-67-71-75-79-90-84(89)78-74-70-66-62-58-54-50-20-18-16-14-12-10-8-6-4-2/h14,16,20,29,31,35,38,50,81-82,86-87H,3-13,15,17-19,21-28,30,32-34,36-37,39-49,51-80H2,1-2H3,(H,85,88)/b16-14-,31-29-,38-35-,50-20-. The van der Waals surface area contributed by atoms with Gasteiger partial charge in [0.25, 0.3) is 0 Å². The lowest BCUT2D eigenvalue weighted by molar-refractivity contribution is -0.143. The Hall–Kier alpha value is -2.18. The quantitative estimate of drug-likeness (QED) is 0.0320. The molecule has 0 aliphatic heterocycles. The maximum absolute atomic E-state index is 12.6. The molecular weight excluding hydrogens is 1100 g/mol. The molecule has 0 heterocycles. The lowest BCUT2D eigenvalue weighted by atomic mass is 10.0. The predicted molar refractivity (Wildman–Crippen MR) is 398 cm³/mol. The van der Waals surface area contributed by atoms with E-state index in [0.717, 1.165) is 57.8 Å². The van der Waals surface area contributed by atoms with Crippen molar-refractivity contribution in [3.05, 3.63) is 48.6 Å². The first-order chi connectivity index (χ1) is 44.5. The van der Waals surface area contributed by atoms with Crippen LogP contribution >= 0.6 is 0 Å². The number of esters is 1. The largest absolute Gasteiger partial charge is 0.466 e. The highest BCUT2D eigenvalue weighted by Gasteiger charge is 2.20. The van der Waals surface area contributed by atoms with E-state index in [1.807, 2.05) is 0 Å². The van der Waals surface area contributed by atoms with Crippen molar-refractivity contribution in [1.29, 1.82) is 0 Å². The second-order valence-corrected chi connectivity index (χ2v) is 28.1. The Morgan fingerprint density at radius 2 is 0.556 bits per heavy atom. The molecule has 0 aliphatic carbocycles. The minimum Gasteiger partial charge on any atom is -0.466 e. The molecule has 2 atom stereocenters. The van der Waals surface area contributed by atoms with E-state index >= 15 is 0 Å². The second-order valence-electron chi connectivity index (χ2n) is 28.1. The van der Waals surface area contributed by atoms with Crippen LogP contribution in [-0.4, -0.2) is 47.4 Å². The third kappa shape index (κ3) is 74.9. The highest BCUT2D eigenvalue weighted by atomic mass is 16.5. The molecule has 0 saturated carbocycles. The number of carbonyl (C=O) groups is 2. The number of unbranched alkanes of at least 4 members (excludes halogenated alkanes) is 58. The molecule has 0 bridgehead atoms. The van der Waals surface area contributed by atoms with Crippen LogP contribution in [0.5, 0.6) is 0 Å². The van der Waals surface area contributed by atoms with Crippen molar-refractivity contribution < 1.29 is 24.5 Å².